The fourth-order valence-electron chi connectivity index (χ4n) is 10.6. The second-order valence-corrected chi connectivity index (χ2v) is 24.1. The van der Waals surface area contributed by atoms with Gasteiger partial charge < -0.3 is 28.9 Å². The molecule has 9 aromatic rings. The zero-order chi connectivity index (χ0) is 57.3. The molecule has 3 unspecified atom stereocenters. The molecule has 432 valence electrons. The topological polar surface area (TPSA) is 192 Å². The number of ether oxygens (including phenoxy) is 3. The molecule has 24 heteroatoms. The quantitative estimate of drug-likeness (QED) is 0.0879. The van der Waals surface area contributed by atoms with Crippen LogP contribution in [0.4, 0.5) is 30.5 Å². The van der Waals surface area contributed by atoms with Gasteiger partial charge in [-0.05, 0) is 77.0 Å². The van der Waals surface area contributed by atoms with E-state index in [1.807, 2.05) is 46.9 Å². The third-order valence-corrected chi connectivity index (χ3v) is 17.7. The molecule has 3 aliphatic carbocycles. The van der Waals surface area contributed by atoms with Gasteiger partial charge in [-0.1, -0.05) is 0 Å². The Morgan fingerprint density at radius 1 is 0.452 bits per heavy atom. The van der Waals surface area contributed by atoms with Crippen molar-refractivity contribution < 1.29 is 27.4 Å². The summed E-state index contributed by atoms with van der Waals surface area (Å²) in [5, 5.41) is 5.84. The van der Waals surface area contributed by atoms with Crippen molar-refractivity contribution in [2.45, 2.75) is 96.7 Å². The van der Waals surface area contributed by atoms with Gasteiger partial charge >= 0.3 is 0 Å². The molecular weight excluding hydrogens is 1130 g/mol. The summed E-state index contributed by atoms with van der Waals surface area (Å²) in [7, 11) is 0. The molecule has 0 N–H and O–H groups in total. The molecule has 3 saturated carbocycles. The first-order valence-corrected chi connectivity index (χ1v) is 31.3. The van der Waals surface area contributed by atoms with E-state index in [1.165, 1.54) is 96.8 Å². The van der Waals surface area contributed by atoms with E-state index in [0.717, 1.165) is 82.3 Å². The van der Waals surface area contributed by atoms with E-state index in [1.54, 1.807) is 16.5 Å². The highest BCUT2D eigenvalue weighted by Gasteiger charge is 2.32. The molecule has 0 radical (unpaired) electrons. The van der Waals surface area contributed by atoms with E-state index in [2.05, 4.69) is 80.3 Å². The molecule has 6 aliphatic rings. The number of pyridine rings is 3. The van der Waals surface area contributed by atoms with Gasteiger partial charge in [0.25, 0.3) is 0 Å². The molecule has 12 heterocycles. The van der Waals surface area contributed by atoms with Crippen molar-refractivity contribution in [1.29, 1.82) is 0 Å². The van der Waals surface area contributed by atoms with Crippen LogP contribution >= 0.6 is 34.0 Å². The molecule has 3 atom stereocenters. The van der Waals surface area contributed by atoms with Crippen LogP contribution in [0.2, 0.25) is 0 Å². The first-order valence-electron chi connectivity index (χ1n) is 28.5. The van der Waals surface area contributed by atoms with Crippen LogP contribution in [0.3, 0.4) is 0 Å². The number of nitrogens with zero attached hydrogens (tertiary/aromatic N) is 15. The molecule has 0 spiro atoms. The van der Waals surface area contributed by atoms with Crippen molar-refractivity contribution in [1.82, 2.24) is 59.8 Å². The normalized spacial score (nSPS) is 18.8. The van der Waals surface area contributed by atoms with Crippen LogP contribution in [0.15, 0.2) is 87.7 Å². The Kier molecular flexibility index (Phi) is 16.1. The minimum absolute atomic E-state index is 0.00110. The third-order valence-electron chi connectivity index (χ3n) is 15.9. The lowest BCUT2D eigenvalue weighted by atomic mass is 9.99. The maximum atomic E-state index is 14.2. The van der Waals surface area contributed by atoms with Crippen molar-refractivity contribution in [2.75, 3.05) is 54.2 Å². The number of fused-ring (bicyclic) bond motifs is 3. The largest absolute Gasteiger partial charge is 0.493 e. The number of anilines is 3. The summed E-state index contributed by atoms with van der Waals surface area (Å²) in [5.74, 6) is 4.85. The summed E-state index contributed by atoms with van der Waals surface area (Å²) in [4.78, 5) is 59.4. The SMILES string of the molecule is CC1c2cnc(-c3cscn3)nc2CCN1c1cc(F)cc(OCC2CC2)n1.CC1c2cnc(-c3cscn3)nc2CCN1c1cc(F)nc(OCC2CC2)c1.CC1c2cnc(-c3cscn3)nc2CCN1c1cc(OCC2CC2)cc(F)n1. The number of halogens is 3. The first kappa shape index (κ1) is 55.4. The highest BCUT2D eigenvalue weighted by Crippen LogP contribution is 2.39. The van der Waals surface area contributed by atoms with Gasteiger partial charge in [0.2, 0.25) is 23.7 Å². The van der Waals surface area contributed by atoms with Gasteiger partial charge in [-0.25, -0.2) is 54.2 Å². The Labute approximate surface area is 495 Å². The van der Waals surface area contributed by atoms with Crippen LogP contribution in [0.1, 0.15) is 111 Å². The zero-order valence-electron chi connectivity index (χ0n) is 46.5. The Balaban J connectivity index is 0.000000118. The smallest absolute Gasteiger partial charge is 0.218 e. The van der Waals surface area contributed by atoms with Gasteiger partial charge in [0.05, 0.1) is 71.6 Å². The Bertz CT molecular complexity index is 3360. The van der Waals surface area contributed by atoms with E-state index in [0.29, 0.717) is 97.3 Å². The van der Waals surface area contributed by atoms with Crippen molar-refractivity contribution in [3.63, 3.8) is 0 Å². The van der Waals surface area contributed by atoms with E-state index in [-0.39, 0.29) is 23.9 Å². The maximum absolute atomic E-state index is 14.2. The second-order valence-electron chi connectivity index (χ2n) is 22.0. The van der Waals surface area contributed by atoms with E-state index < -0.39 is 11.9 Å². The Morgan fingerprint density at radius 2 is 0.881 bits per heavy atom. The first-order chi connectivity index (χ1) is 41.0. The van der Waals surface area contributed by atoms with Gasteiger partial charge in [-0.2, -0.15) is 18.7 Å². The minimum Gasteiger partial charge on any atom is -0.493 e. The number of hydrogen-bond acceptors (Lipinski definition) is 21. The molecule has 0 bridgehead atoms. The average Bonchev–Trinajstić information content (AvgIpc) is 4.11. The lowest BCUT2D eigenvalue weighted by Crippen LogP contribution is -2.35. The van der Waals surface area contributed by atoms with Crippen LogP contribution in [0, 0.1) is 35.5 Å². The number of rotatable bonds is 15. The highest BCUT2D eigenvalue weighted by molar-refractivity contribution is 7.08. The van der Waals surface area contributed by atoms with Crippen molar-refractivity contribution in [2.24, 2.45) is 17.8 Å². The van der Waals surface area contributed by atoms with E-state index in [4.69, 9.17) is 29.2 Å². The summed E-state index contributed by atoms with van der Waals surface area (Å²) >= 11 is 4.58. The van der Waals surface area contributed by atoms with Crippen molar-refractivity contribution in [3.8, 4) is 52.1 Å². The van der Waals surface area contributed by atoms with E-state index >= 15 is 0 Å². The lowest BCUT2D eigenvalue weighted by Gasteiger charge is -2.36. The van der Waals surface area contributed by atoms with Crippen molar-refractivity contribution in [3.05, 3.63) is 139 Å². The number of hydrogen-bond donors (Lipinski definition) is 0. The average molecular weight is 1190 g/mol. The Hall–Kier alpha value is -7.83. The summed E-state index contributed by atoms with van der Waals surface area (Å²) in [5.41, 5.74) is 14.7. The number of thiazole rings is 3. The predicted molar refractivity (Wildman–Crippen MR) is 315 cm³/mol. The molecule has 15 rings (SSSR count). The Morgan fingerprint density at radius 3 is 1.35 bits per heavy atom. The summed E-state index contributed by atoms with van der Waals surface area (Å²) in [6, 6.07) is 9.35. The van der Waals surface area contributed by atoms with Gasteiger partial charge in [0, 0.05) is 132 Å². The van der Waals surface area contributed by atoms with Gasteiger partial charge in [-0.3, -0.25) is 0 Å². The molecule has 3 fully saturated rings. The van der Waals surface area contributed by atoms with Crippen molar-refractivity contribution >= 4 is 51.3 Å². The maximum Gasteiger partial charge on any atom is 0.218 e. The van der Waals surface area contributed by atoms with Gasteiger partial charge in [0.1, 0.15) is 40.3 Å². The molecule has 0 amide bonds. The zero-order valence-corrected chi connectivity index (χ0v) is 49.0. The molecule has 84 heavy (non-hydrogen) atoms. The molecule has 0 aromatic carbocycles. The second kappa shape index (κ2) is 24.4. The van der Waals surface area contributed by atoms with E-state index in [9.17, 15) is 13.2 Å². The van der Waals surface area contributed by atoms with Crippen LogP contribution < -0.4 is 28.9 Å². The molecule has 3 aliphatic heterocycles. The lowest BCUT2D eigenvalue weighted by molar-refractivity contribution is 0.284. The van der Waals surface area contributed by atoms with Crippen LogP contribution in [0.25, 0.3) is 34.6 Å². The molecule has 9 aromatic heterocycles. The summed E-state index contributed by atoms with van der Waals surface area (Å²) < 4.78 is 59.6. The highest BCUT2D eigenvalue weighted by atomic mass is 32.1. The number of aromatic nitrogens is 12. The standard InChI is InChI=1S/3C20H20FN5OS/c1-12-15-8-22-20(17-10-28-11-23-17)24-16(15)4-5-26(12)19-7-14(6-18(21)25-19)27-9-13-2-3-13;1-12-15-8-22-20(17-10-28-11-23-17)24-16(15)4-5-26(12)14-6-18(21)25-19(7-14)27-9-13-2-3-13;1-12-15-8-22-20(17-10-28-11-23-17)24-16(15)4-5-26(12)18-6-14(21)7-19(25-18)27-9-13-2-3-13/h3*6-8,10-13H,2-5,9H2,1H3. The van der Waals surface area contributed by atoms with Crippen LogP contribution in [0.5, 0.6) is 17.5 Å². The van der Waals surface area contributed by atoms with Gasteiger partial charge in [-0.15, -0.1) is 34.0 Å². The van der Waals surface area contributed by atoms with Crippen LogP contribution in [-0.2, 0) is 19.3 Å². The molecule has 0 saturated heterocycles. The molecular formula is C60H60F3N15O3S3. The fourth-order valence-corrected chi connectivity index (χ4v) is 12.1. The predicted octanol–water partition coefficient (Wildman–Crippen LogP) is 12.1. The minimum atomic E-state index is -0.517. The monoisotopic (exact) mass is 1190 g/mol. The third kappa shape index (κ3) is 12.9. The fraction of sp³-hybridized carbons (Fsp3) is 0.400. The summed E-state index contributed by atoms with van der Waals surface area (Å²) in [6.07, 6.45) is 15.0. The van der Waals surface area contributed by atoms with Crippen LogP contribution in [-0.4, -0.2) is 99.3 Å². The molecule has 18 nitrogen and oxygen atoms in total. The van der Waals surface area contributed by atoms with Gasteiger partial charge in [0.15, 0.2) is 17.5 Å². The summed E-state index contributed by atoms with van der Waals surface area (Å²) in [6.45, 7) is 10.3.